The normalized spacial score (nSPS) is 18.2. The van der Waals surface area contributed by atoms with E-state index in [9.17, 15) is 9.46 Å². The van der Waals surface area contributed by atoms with Crippen LogP contribution in [-0.4, -0.2) is 36.6 Å². The van der Waals surface area contributed by atoms with E-state index in [2.05, 4.69) is 29.2 Å². The number of rotatable bonds is 7. The Kier molecular flexibility index (Phi) is 6.84. The zero-order chi connectivity index (χ0) is 17.5. The average molecular weight is 374 g/mol. The van der Waals surface area contributed by atoms with Crippen molar-refractivity contribution in [2.24, 2.45) is 0 Å². The van der Waals surface area contributed by atoms with Crippen LogP contribution >= 0.6 is 15.3 Å². The molecule has 1 aliphatic rings. The maximum atomic E-state index is 12.7. The van der Waals surface area contributed by atoms with E-state index in [0.29, 0.717) is 12.3 Å². The number of hydrogen-bond donors (Lipinski definition) is 0. The average Bonchev–Trinajstić information content (AvgIpc) is 2.64. The molecule has 0 aromatic heterocycles. The lowest BCUT2D eigenvalue weighted by atomic mass is 10.1. The van der Waals surface area contributed by atoms with Gasteiger partial charge in [0.1, 0.15) is 0 Å². The Morgan fingerprint density at radius 2 is 1.40 bits per heavy atom. The minimum Gasteiger partial charge on any atom is -0.798 e. The van der Waals surface area contributed by atoms with Gasteiger partial charge in [-0.05, 0) is 56.8 Å². The molecule has 0 N–H and O–H groups in total. The molecule has 5 heteroatoms. The Balaban J connectivity index is 1.69. The van der Waals surface area contributed by atoms with E-state index in [1.54, 1.807) is 0 Å². The fourth-order valence-corrected chi connectivity index (χ4v) is 8.28. The zero-order valence-corrected chi connectivity index (χ0v) is 16.4. The van der Waals surface area contributed by atoms with Gasteiger partial charge in [-0.15, -0.1) is 0 Å². The van der Waals surface area contributed by atoms with Gasteiger partial charge in [0.2, 0.25) is 0 Å². The first-order chi connectivity index (χ1) is 12.1. The van der Waals surface area contributed by atoms with Crippen LogP contribution in [0.4, 0.5) is 0 Å². The van der Waals surface area contributed by atoms with Gasteiger partial charge in [0.15, 0.2) is 0 Å². The van der Waals surface area contributed by atoms with Gasteiger partial charge in [-0.3, -0.25) is 4.90 Å². The van der Waals surface area contributed by atoms with E-state index in [0.717, 1.165) is 25.9 Å². The Bertz CT molecular complexity index is 648. The van der Waals surface area contributed by atoms with E-state index >= 15 is 0 Å². The van der Waals surface area contributed by atoms with E-state index in [1.165, 1.54) is 17.0 Å². The van der Waals surface area contributed by atoms with E-state index < -0.39 is 15.3 Å². The van der Waals surface area contributed by atoms with Crippen molar-refractivity contribution < 1.29 is 9.46 Å². The second kappa shape index (κ2) is 9.10. The van der Waals surface area contributed by atoms with Crippen LogP contribution in [0.2, 0.25) is 0 Å². The van der Waals surface area contributed by atoms with Gasteiger partial charge in [0, 0.05) is 13.7 Å². The van der Waals surface area contributed by atoms with Crippen molar-refractivity contribution in [2.45, 2.75) is 19.3 Å². The van der Waals surface area contributed by atoms with Crippen LogP contribution in [0.1, 0.15) is 19.3 Å². The first-order valence-electron chi connectivity index (χ1n) is 9.03. The second-order valence-corrected chi connectivity index (χ2v) is 11.4. The minimum absolute atomic E-state index is 0.250. The molecule has 3 nitrogen and oxygen atoms in total. The van der Waals surface area contributed by atoms with Crippen molar-refractivity contribution in [2.75, 3.05) is 31.7 Å². The molecule has 0 bridgehead atoms. The Labute approximate surface area is 152 Å². The summed E-state index contributed by atoms with van der Waals surface area (Å²) in [6.45, 7) is 1.86. The summed E-state index contributed by atoms with van der Waals surface area (Å²) in [5.41, 5.74) is 0. The van der Waals surface area contributed by atoms with Crippen LogP contribution in [0.5, 0.6) is 0 Å². The summed E-state index contributed by atoms with van der Waals surface area (Å²) < 4.78 is 12.7. The van der Waals surface area contributed by atoms with Crippen molar-refractivity contribution in [3.8, 4) is 0 Å². The predicted molar refractivity (Wildman–Crippen MR) is 107 cm³/mol. The van der Waals surface area contributed by atoms with Gasteiger partial charge in [-0.25, -0.2) is 0 Å². The summed E-state index contributed by atoms with van der Waals surface area (Å²) >= 11 is 0. The molecule has 0 radical (unpaired) electrons. The summed E-state index contributed by atoms with van der Waals surface area (Å²) in [5, 5.41) is 2.50. The maximum Gasteiger partial charge on any atom is 0.0392 e. The van der Waals surface area contributed by atoms with Crippen molar-refractivity contribution >= 4 is 25.9 Å². The highest BCUT2D eigenvalue weighted by atomic mass is 31.2. The molecule has 1 fully saturated rings. The smallest absolute Gasteiger partial charge is 0.0392 e. The summed E-state index contributed by atoms with van der Waals surface area (Å²) in [7, 11) is -3.99. The first kappa shape index (κ1) is 18.8. The van der Waals surface area contributed by atoms with E-state index in [1.807, 2.05) is 36.4 Å². The third-order valence-electron chi connectivity index (χ3n) is 4.66. The lowest BCUT2D eigenvalue weighted by Gasteiger charge is -2.34. The Morgan fingerprint density at radius 3 is 1.92 bits per heavy atom. The van der Waals surface area contributed by atoms with Crippen LogP contribution in [0.25, 0.3) is 0 Å². The lowest BCUT2D eigenvalue weighted by Crippen LogP contribution is -2.33. The van der Waals surface area contributed by atoms with Crippen LogP contribution in [0, 0.1) is 0 Å². The molecule has 3 rings (SSSR count). The molecule has 1 saturated heterocycles. The standard InChI is InChI=1S/C20H27NO2P2/c22-25(23,18-21-14-8-3-9-15-21)17-16-24(19-10-4-1-5-11-19)20-12-6-2-7-13-20/h1-2,4-7,10-13H,3,8-9,14-18H2,(H,22,23)/p-1. The quantitative estimate of drug-likeness (QED) is 0.699. The third-order valence-corrected chi connectivity index (χ3v) is 9.27. The topological polar surface area (TPSA) is 43.4 Å². The van der Waals surface area contributed by atoms with Gasteiger partial charge in [0.25, 0.3) is 0 Å². The highest BCUT2D eigenvalue weighted by molar-refractivity contribution is 7.73. The lowest BCUT2D eigenvalue weighted by molar-refractivity contribution is -0.176. The Hall–Kier alpha value is -0.980. The highest BCUT2D eigenvalue weighted by Gasteiger charge is 2.20. The number of benzene rings is 2. The van der Waals surface area contributed by atoms with Gasteiger partial charge in [-0.2, -0.15) is 0 Å². The van der Waals surface area contributed by atoms with Crippen molar-refractivity contribution in [3.63, 3.8) is 0 Å². The fourth-order valence-electron chi connectivity index (χ4n) is 3.35. The summed E-state index contributed by atoms with van der Waals surface area (Å²) in [4.78, 5) is 14.8. The molecule has 2 aromatic carbocycles. The molecule has 134 valence electrons. The largest absolute Gasteiger partial charge is 0.798 e. The monoisotopic (exact) mass is 374 g/mol. The van der Waals surface area contributed by atoms with Crippen LogP contribution in [0.15, 0.2) is 60.7 Å². The van der Waals surface area contributed by atoms with Crippen molar-refractivity contribution in [1.82, 2.24) is 4.90 Å². The highest BCUT2D eigenvalue weighted by Crippen LogP contribution is 2.43. The molecule has 1 aliphatic heterocycles. The van der Waals surface area contributed by atoms with Gasteiger partial charge < -0.3 is 9.46 Å². The van der Waals surface area contributed by atoms with Crippen molar-refractivity contribution in [3.05, 3.63) is 60.7 Å². The summed E-state index contributed by atoms with van der Waals surface area (Å²) in [6.07, 6.45) is 4.73. The molecule has 0 saturated carbocycles. The number of nitrogens with zero attached hydrogens (tertiary/aromatic N) is 1. The SMILES string of the molecule is O=P([O-])(CCP(c1ccccc1)c1ccccc1)CN1CCCCC1. The zero-order valence-electron chi connectivity index (χ0n) is 14.6. The minimum atomic E-state index is -3.36. The van der Waals surface area contributed by atoms with E-state index in [-0.39, 0.29) is 6.29 Å². The molecule has 0 amide bonds. The summed E-state index contributed by atoms with van der Waals surface area (Å²) in [6, 6.07) is 20.7. The second-order valence-electron chi connectivity index (χ2n) is 6.68. The maximum absolute atomic E-state index is 12.7. The molecule has 1 atom stereocenters. The molecule has 2 aromatic rings. The van der Waals surface area contributed by atoms with Crippen LogP contribution in [-0.2, 0) is 4.57 Å². The van der Waals surface area contributed by atoms with Crippen LogP contribution in [0.3, 0.4) is 0 Å². The number of likely N-dealkylation sites (tertiary alicyclic amines) is 1. The predicted octanol–water partition coefficient (Wildman–Crippen LogP) is 3.20. The van der Waals surface area contributed by atoms with Gasteiger partial charge in [-0.1, -0.05) is 67.1 Å². The van der Waals surface area contributed by atoms with Crippen LogP contribution < -0.4 is 15.5 Å². The number of piperidine rings is 1. The summed E-state index contributed by atoms with van der Waals surface area (Å²) in [5.74, 6) is 0. The van der Waals surface area contributed by atoms with Gasteiger partial charge >= 0.3 is 0 Å². The first-order valence-corrected chi connectivity index (χ1v) is 12.6. The van der Waals surface area contributed by atoms with E-state index in [4.69, 9.17) is 0 Å². The molecular weight excluding hydrogens is 348 g/mol. The molecule has 0 spiro atoms. The molecule has 1 heterocycles. The van der Waals surface area contributed by atoms with Crippen molar-refractivity contribution in [1.29, 1.82) is 0 Å². The molecule has 0 aliphatic carbocycles. The van der Waals surface area contributed by atoms with Gasteiger partial charge in [0.05, 0.1) is 0 Å². The Morgan fingerprint density at radius 1 is 0.880 bits per heavy atom. The number of hydrogen-bond acceptors (Lipinski definition) is 3. The molecular formula is C20H26NO2P2-. The third kappa shape index (κ3) is 5.76. The molecule has 25 heavy (non-hydrogen) atoms. The fraction of sp³-hybridized carbons (Fsp3) is 0.400. The molecule has 1 unspecified atom stereocenters.